The smallest absolute Gasteiger partial charge is 0.191 e. The third-order valence-corrected chi connectivity index (χ3v) is 5.01. The van der Waals surface area contributed by atoms with Gasteiger partial charge in [0, 0.05) is 49.9 Å². The topological polar surface area (TPSA) is 65.9 Å². The standard InChI is InChI=1S/C16H27N3O2S/c1-3-17-15(18-11-13(2)14-5-4-10-22-14)19-12-16(20)6-8-21-9-7-16/h4-5,10,13,20H,3,6-9,11-12H2,1-2H3,(H2,17,18,19). The first kappa shape index (κ1) is 17.2. The summed E-state index contributed by atoms with van der Waals surface area (Å²) in [6, 6.07) is 4.24. The van der Waals surface area contributed by atoms with Crippen molar-refractivity contribution in [3.05, 3.63) is 22.4 Å². The van der Waals surface area contributed by atoms with Crippen molar-refractivity contribution in [2.45, 2.75) is 38.2 Å². The van der Waals surface area contributed by atoms with Crippen molar-refractivity contribution < 1.29 is 9.84 Å². The van der Waals surface area contributed by atoms with Gasteiger partial charge in [0.1, 0.15) is 0 Å². The second kappa shape index (κ2) is 8.50. The second-order valence-electron chi connectivity index (χ2n) is 5.83. The third-order valence-electron chi connectivity index (χ3n) is 3.90. The molecule has 0 aliphatic carbocycles. The number of thiophene rings is 1. The zero-order valence-electron chi connectivity index (χ0n) is 13.5. The van der Waals surface area contributed by atoms with E-state index in [1.54, 1.807) is 11.3 Å². The van der Waals surface area contributed by atoms with E-state index in [1.165, 1.54) is 4.88 Å². The average molecular weight is 325 g/mol. The molecule has 1 aromatic heterocycles. The van der Waals surface area contributed by atoms with Gasteiger partial charge >= 0.3 is 0 Å². The summed E-state index contributed by atoms with van der Waals surface area (Å²) in [6.07, 6.45) is 1.31. The van der Waals surface area contributed by atoms with Crippen LogP contribution in [0.25, 0.3) is 0 Å². The van der Waals surface area contributed by atoms with Gasteiger partial charge in [0.15, 0.2) is 5.96 Å². The molecule has 0 saturated carbocycles. The van der Waals surface area contributed by atoms with Gasteiger partial charge in [-0.3, -0.25) is 4.99 Å². The van der Waals surface area contributed by atoms with Gasteiger partial charge in [-0.2, -0.15) is 0 Å². The summed E-state index contributed by atoms with van der Waals surface area (Å²) in [5.74, 6) is 1.21. The summed E-state index contributed by atoms with van der Waals surface area (Å²) in [7, 11) is 0. The SMILES string of the molecule is CCNC(=NCC1(O)CCOCC1)NCC(C)c1cccs1. The van der Waals surface area contributed by atoms with Gasteiger partial charge in [-0.15, -0.1) is 11.3 Å². The van der Waals surface area contributed by atoms with Crippen LogP contribution in [0.2, 0.25) is 0 Å². The van der Waals surface area contributed by atoms with E-state index in [4.69, 9.17) is 4.74 Å². The maximum Gasteiger partial charge on any atom is 0.191 e. The molecule has 5 nitrogen and oxygen atoms in total. The highest BCUT2D eigenvalue weighted by Crippen LogP contribution is 2.21. The summed E-state index contributed by atoms with van der Waals surface area (Å²) >= 11 is 1.78. The monoisotopic (exact) mass is 325 g/mol. The van der Waals surface area contributed by atoms with Gasteiger partial charge in [0.25, 0.3) is 0 Å². The fourth-order valence-corrected chi connectivity index (χ4v) is 3.19. The van der Waals surface area contributed by atoms with Crippen molar-refractivity contribution in [3.8, 4) is 0 Å². The molecule has 6 heteroatoms. The molecule has 1 unspecified atom stereocenters. The van der Waals surface area contributed by atoms with Crippen LogP contribution in [0.4, 0.5) is 0 Å². The predicted molar refractivity (Wildman–Crippen MR) is 91.7 cm³/mol. The first-order valence-corrected chi connectivity index (χ1v) is 8.86. The van der Waals surface area contributed by atoms with E-state index in [0.717, 1.165) is 19.0 Å². The summed E-state index contributed by atoms with van der Waals surface area (Å²) < 4.78 is 5.30. The van der Waals surface area contributed by atoms with Crippen LogP contribution in [0.5, 0.6) is 0 Å². The number of rotatable bonds is 6. The first-order valence-electron chi connectivity index (χ1n) is 7.99. The van der Waals surface area contributed by atoms with Crippen molar-refractivity contribution in [2.24, 2.45) is 4.99 Å². The molecule has 2 rings (SSSR count). The van der Waals surface area contributed by atoms with Crippen LogP contribution in [-0.4, -0.2) is 49.5 Å². The van der Waals surface area contributed by atoms with E-state index in [2.05, 4.69) is 40.1 Å². The van der Waals surface area contributed by atoms with Crippen molar-refractivity contribution >= 4 is 17.3 Å². The quantitative estimate of drug-likeness (QED) is 0.552. The highest BCUT2D eigenvalue weighted by atomic mass is 32.1. The van der Waals surface area contributed by atoms with Gasteiger partial charge in [-0.25, -0.2) is 0 Å². The number of aliphatic imine (C=N–C) groups is 1. The summed E-state index contributed by atoms with van der Waals surface area (Å²) in [5.41, 5.74) is -0.722. The number of guanidine groups is 1. The Kier molecular flexibility index (Phi) is 6.67. The van der Waals surface area contributed by atoms with E-state index in [0.29, 0.717) is 38.5 Å². The minimum atomic E-state index is -0.722. The summed E-state index contributed by atoms with van der Waals surface area (Å²) in [4.78, 5) is 5.92. The molecule has 2 heterocycles. The van der Waals surface area contributed by atoms with Crippen LogP contribution in [0.1, 0.15) is 37.5 Å². The molecule has 0 radical (unpaired) electrons. The zero-order chi connectivity index (χ0) is 15.8. The number of hydrogen-bond donors (Lipinski definition) is 3. The molecule has 0 amide bonds. The predicted octanol–water partition coefficient (Wildman–Crippen LogP) is 1.95. The number of nitrogens with one attached hydrogen (secondary N) is 2. The van der Waals surface area contributed by atoms with Crippen LogP contribution in [-0.2, 0) is 4.74 Å². The van der Waals surface area contributed by atoms with E-state index in [-0.39, 0.29) is 0 Å². The van der Waals surface area contributed by atoms with E-state index < -0.39 is 5.60 Å². The van der Waals surface area contributed by atoms with Gasteiger partial charge in [-0.05, 0) is 18.4 Å². The van der Waals surface area contributed by atoms with Crippen molar-refractivity contribution in [3.63, 3.8) is 0 Å². The second-order valence-corrected chi connectivity index (χ2v) is 6.81. The molecule has 1 fully saturated rings. The van der Waals surface area contributed by atoms with Gasteiger partial charge < -0.3 is 20.5 Å². The van der Waals surface area contributed by atoms with Gasteiger partial charge in [0.2, 0.25) is 0 Å². The van der Waals surface area contributed by atoms with E-state index in [9.17, 15) is 5.11 Å². The van der Waals surface area contributed by atoms with Crippen LogP contribution in [0.15, 0.2) is 22.5 Å². The lowest BCUT2D eigenvalue weighted by Gasteiger charge is -2.30. The molecule has 3 N–H and O–H groups in total. The lowest BCUT2D eigenvalue weighted by molar-refractivity contribution is -0.0565. The molecule has 124 valence electrons. The first-order chi connectivity index (χ1) is 10.6. The van der Waals surface area contributed by atoms with E-state index >= 15 is 0 Å². The molecule has 1 atom stereocenters. The highest BCUT2D eigenvalue weighted by molar-refractivity contribution is 7.10. The molecule has 1 saturated heterocycles. The zero-order valence-corrected chi connectivity index (χ0v) is 14.3. The van der Waals surface area contributed by atoms with Crippen LogP contribution in [0.3, 0.4) is 0 Å². The average Bonchev–Trinajstić information content (AvgIpc) is 3.05. The molecule has 0 spiro atoms. The van der Waals surface area contributed by atoms with Crippen molar-refractivity contribution in [1.29, 1.82) is 0 Å². The lowest BCUT2D eigenvalue weighted by Crippen LogP contribution is -2.43. The Bertz CT molecular complexity index is 456. The van der Waals surface area contributed by atoms with E-state index in [1.807, 2.05) is 6.92 Å². The fraction of sp³-hybridized carbons (Fsp3) is 0.688. The Morgan fingerprint density at radius 3 is 2.86 bits per heavy atom. The minimum absolute atomic E-state index is 0.416. The molecule has 0 bridgehead atoms. The lowest BCUT2D eigenvalue weighted by atomic mass is 9.95. The summed E-state index contributed by atoms with van der Waals surface area (Å²) in [6.45, 7) is 7.53. The molecule has 22 heavy (non-hydrogen) atoms. The third kappa shape index (κ3) is 5.26. The highest BCUT2D eigenvalue weighted by Gasteiger charge is 2.29. The number of ether oxygens (including phenoxy) is 1. The number of aliphatic hydroxyl groups is 1. The summed E-state index contributed by atoms with van der Waals surface area (Å²) in [5, 5.41) is 19.2. The molecule has 1 aliphatic rings. The Balaban J connectivity index is 1.86. The van der Waals surface area contributed by atoms with Crippen LogP contribution >= 0.6 is 11.3 Å². The maximum absolute atomic E-state index is 10.5. The molecule has 0 aromatic carbocycles. The molecule has 1 aliphatic heterocycles. The molecular weight excluding hydrogens is 298 g/mol. The number of hydrogen-bond acceptors (Lipinski definition) is 4. The largest absolute Gasteiger partial charge is 0.388 e. The Hall–Kier alpha value is -1.11. The Morgan fingerprint density at radius 1 is 1.45 bits per heavy atom. The van der Waals surface area contributed by atoms with Crippen LogP contribution < -0.4 is 10.6 Å². The van der Waals surface area contributed by atoms with Crippen molar-refractivity contribution in [1.82, 2.24) is 10.6 Å². The maximum atomic E-state index is 10.5. The molecular formula is C16H27N3O2S. The fourth-order valence-electron chi connectivity index (χ4n) is 2.40. The Morgan fingerprint density at radius 2 is 2.23 bits per heavy atom. The minimum Gasteiger partial charge on any atom is -0.388 e. The number of nitrogens with zero attached hydrogens (tertiary/aromatic N) is 1. The van der Waals surface area contributed by atoms with Gasteiger partial charge in [0.05, 0.1) is 12.1 Å². The van der Waals surface area contributed by atoms with Crippen LogP contribution in [0, 0.1) is 0 Å². The Labute approximate surface area is 136 Å². The van der Waals surface area contributed by atoms with Gasteiger partial charge in [-0.1, -0.05) is 13.0 Å². The normalized spacial score (nSPS) is 19.7. The molecule has 1 aromatic rings. The van der Waals surface area contributed by atoms with Crippen molar-refractivity contribution in [2.75, 3.05) is 32.8 Å².